The van der Waals surface area contributed by atoms with Crippen molar-refractivity contribution in [2.24, 2.45) is 5.73 Å². The van der Waals surface area contributed by atoms with Crippen LogP contribution in [-0.2, 0) is 16.1 Å². The van der Waals surface area contributed by atoms with Gasteiger partial charge in [-0.25, -0.2) is 0 Å². The third kappa shape index (κ3) is 7.50. The Morgan fingerprint density at radius 1 is 1.28 bits per heavy atom. The molecule has 0 bridgehead atoms. The molecule has 1 aliphatic heterocycles. The van der Waals surface area contributed by atoms with Crippen molar-refractivity contribution in [1.29, 1.82) is 0 Å². The number of carbonyl (C=O) groups is 1. The highest BCUT2D eigenvalue weighted by molar-refractivity contribution is 5.95. The zero-order valence-corrected chi connectivity index (χ0v) is 16.9. The van der Waals surface area contributed by atoms with Gasteiger partial charge in [0.05, 0.1) is 18.2 Å². The molecular formula is C18H31Cl2N3O2. The van der Waals surface area contributed by atoms with Crippen LogP contribution in [0.25, 0.3) is 0 Å². The molecule has 1 saturated heterocycles. The number of nitrogens with two attached hydrogens (primary N) is 1. The van der Waals surface area contributed by atoms with E-state index in [1.807, 2.05) is 25.1 Å². The van der Waals surface area contributed by atoms with Crippen molar-refractivity contribution in [1.82, 2.24) is 4.90 Å². The van der Waals surface area contributed by atoms with Crippen molar-refractivity contribution in [2.75, 3.05) is 18.4 Å². The number of para-hydroxylation sites is 1. The van der Waals surface area contributed by atoms with Crippen molar-refractivity contribution in [3.8, 4) is 0 Å². The van der Waals surface area contributed by atoms with Crippen LogP contribution in [0.4, 0.5) is 5.69 Å². The molecule has 3 unspecified atom stereocenters. The molecule has 25 heavy (non-hydrogen) atoms. The van der Waals surface area contributed by atoms with Gasteiger partial charge in [0.1, 0.15) is 0 Å². The van der Waals surface area contributed by atoms with Gasteiger partial charge >= 0.3 is 0 Å². The number of halogens is 2. The van der Waals surface area contributed by atoms with Gasteiger partial charge in [-0.15, -0.1) is 24.8 Å². The molecule has 7 heteroatoms. The molecule has 1 heterocycles. The Balaban J connectivity index is 0.00000288. The minimum Gasteiger partial charge on any atom is -0.373 e. The highest BCUT2D eigenvalue weighted by Gasteiger charge is 2.23. The molecule has 3 N–H and O–H groups in total. The van der Waals surface area contributed by atoms with E-state index in [1.54, 1.807) is 0 Å². The Kier molecular flexibility index (Phi) is 11.3. The van der Waals surface area contributed by atoms with Crippen LogP contribution in [-0.4, -0.2) is 42.1 Å². The quantitative estimate of drug-likeness (QED) is 0.780. The molecule has 1 amide bonds. The molecule has 0 spiro atoms. The smallest absolute Gasteiger partial charge is 0.241 e. The number of anilines is 1. The van der Waals surface area contributed by atoms with Crippen LogP contribution >= 0.6 is 24.8 Å². The largest absolute Gasteiger partial charge is 0.373 e. The summed E-state index contributed by atoms with van der Waals surface area (Å²) in [5.41, 5.74) is 7.88. The van der Waals surface area contributed by atoms with Crippen LogP contribution in [0.5, 0.6) is 0 Å². The van der Waals surface area contributed by atoms with E-state index < -0.39 is 6.04 Å². The number of ether oxygens (including phenoxy) is 1. The van der Waals surface area contributed by atoms with Crippen LogP contribution in [0.15, 0.2) is 24.3 Å². The fourth-order valence-electron chi connectivity index (χ4n) is 3.10. The first kappa shape index (κ1) is 24.1. The average molecular weight is 392 g/mol. The minimum atomic E-state index is -0.448. The van der Waals surface area contributed by atoms with Gasteiger partial charge in [-0.1, -0.05) is 31.5 Å². The molecule has 5 nitrogen and oxygen atoms in total. The fraction of sp³-hybridized carbons (Fsp3) is 0.611. The molecular weight excluding hydrogens is 361 g/mol. The van der Waals surface area contributed by atoms with Crippen molar-refractivity contribution < 1.29 is 9.53 Å². The maximum Gasteiger partial charge on any atom is 0.241 e. The van der Waals surface area contributed by atoms with Gasteiger partial charge in [0, 0.05) is 25.3 Å². The second-order valence-corrected chi connectivity index (χ2v) is 6.49. The van der Waals surface area contributed by atoms with Gasteiger partial charge < -0.3 is 15.8 Å². The van der Waals surface area contributed by atoms with Gasteiger partial charge in [-0.2, -0.15) is 0 Å². The van der Waals surface area contributed by atoms with Gasteiger partial charge in [0.25, 0.3) is 0 Å². The number of morpholine rings is 1. The van der Waals surface area contributed by atoms with E-state index in [4.69, 9.17) is 10.5 Å². The number of hydrogen-bond acceptors (Lipinski definition) is 4. The van der Waals surface area contributed by atoms with Crippen LogP contribution in [0.2, 0.25) is 0 Å². The number of carbonyl (C=O) groups excluding carboxylic acids is 1. The standard InChI is InChI=1S/C18H29N3O2.2ClH/c1-4-7-16(19)18(22)20-17-9-6-5-8-15(17)12-21-10-13(2)23-14(3)11-21;;/h5-6,8-9,13-14,16H,4,7,10-12,19H2,1-3H3,(H,20,22);2*1H. The second kappa shape index (κ2) is 11.7. The SMILES string of the molecule is CCCC(N)C(=O)Nc1ccccc1CN1CC(C)OC(C)C1.Cl.Cl. The van der Waals surface area contributed by atoms with E-state index in [0.29, 0.717) is 6.42 Å². The van der Waals surface area contributed by atoms with Gasteiger partial charge in [0.2, 0.25) is 5.91 Å². The second-order valence-electron chi connectivity index (χ2n) is 6.49. The zero-order chi connectivity index (χ0) is 16.8. The Labute approximate surface area is 163 Å². The maximum atomic E-state index is 12.2. The normalized spacial score (nSPS) is 21.6. The van der Waals surface area contributed by atoms with E-state index in [9.17, 15) is 4.79 Å². The molecule has 0 aliphatic carbocycles. The summed E-state index contributed by atoms with van der Waals surface area (Å²) in [6.45, 7) is 8.84. The average Bonchev–Trinajstić information content (AvgIpc) is 2.48. The molecule has 0 radical (unpaired) electrons. The van der Waals surface area contributed by atoms with Gasteiger partial charge in [-0.3, -0.25) is 9.69 Å². The van der Waals surface area contributed by atoms with E-state index in [0.717, 1.165) is 37.3 Å². The summed E-state index contributed by atoms with van der Waals surface area (Å²) < 4.78 is 5.78. The van der Waals surface area contributed by atoms with Crippen molar-refractivity contribution in [3.05, 3.63) is 29.8 Å². The lowest BCUT2D eigenvalue weighted by atomic mass is 10.1. The molecule has 144 valence electrons. The van der Waals surface area contributed by atoms with Crippen molar-refractivity contribution in [2.45, 2.75) is 58.4 Å². The van der Waals surface area contributed by atoms with Crippen LogP contribution in [0, 0.1) is 0 Å². The third-order valence-electron chi connectivity index (χ3n) is 4.10. The number of benzene rings is 1. The molecule has 2 rings (SSSR count). The summed E-state index contributed by atoms with van der Waals surface area (Å²) in [5.74, 6) is -0.108. The summed E-state index contributed by atoms with van der Waals surface area (Å²) >= 11 is 0. The predicted molar refractivity (Wildman–Crippen MR) is 108 cm³/mol. The Hall–Kier alpha value is -0.850. The number of amides is 1. The monoisotopic (exact) mass is 391 g/mol. The molecule has 1 aromatic carbocycles. The first-order chi connectivity index (χ1) is 11.0. The first-order valence-corrected chi connectivity index (χ1v) is 8.51. The van der Waals surface area contributed by atoms with Crippen LogP contribution < -0.4 is 11.1 Å². The molecule has 0 saturated carbocycles. The first-order valence-electron chi connectivity index (χ1n) is 8.51. The highest BCUT2D eigenvalue weighted by Crippen LogP contribution is 2.20. The molecule has 3 atom stereocenters. The zero-order valence-electron chi connectivity index (χ0n) is 15.2. The topological polar surface area (TPSA) is 67.6 Å². The number of hydrogen-bond donors (Lipinski definition) is 2. The van der Waals surface area contributed by atoms with E-state index in [2.05, 4.69) is 30.1 Å². The molecule has 0 aromatic heterocycles. The predicted octanol–water partition coefficient (Wildman–Crippen LogP) is 3.21. The summed E-state index contributed by atoms with van der Waals surface area (Å²) in [4.78, 5) is 14.6. The number of rotatable bonds is 6. The summed E-state index contributed by atoms with van der Waals surface area (Å²) in [6, 6.07) is 7.50. The lowest BCUT2D eigenvalue weighted by molar-refractivity contribution is -0.117. The summed E-state index contributed by atoms with van der Waals surface area (Å²) in [6.07, 6.45) is 2.07. The van der Waals surface area contributed by atoms with E-state index in [1.165, 1.54) is 0 Å². The highest BCUT2D eigenvalue weighted by atomic mass is 35.5. The van der Waals surface area contributed by atoms with E-state index in [-0.39, 0.29) is 42.9 Å². The third-order valence-corrected chi connectivity index (χ3v) is 4.10. The Morgan fingerprint density at radius 3 is 2.48 bits per heavy atom. The fourth-order valence-corrected chi connectivity index (χ4v) is 3.10. The van der Waals surface area contributed by atoms with Gasteiger partial charge in [0.15, 0.2) is 0 Å². The van der Waals surface area contributed by atoms with E-state index >= 15 is 0 Å². The Bertz CT molecular complexity index is 521. The van der Waals surface area contributed by atoms with Crippen molar-refractivity contribution >= 4 is 36.4 Å². The Morgan fingerprint density at radius 2 is 1.88 bits per heavy atom. The molecule has 1 aliphatic rings. The van der Waals surface area contributed by atoms with Crippen LogP contribution in [0.1, 0.15) is 39.2 Å². The van der Waals surface area contributed by atoms with Gasteiger partial charge in [-0.05, 0) is 31.9 Å². The lowest BCUT2D eigenvalue weighted by Crippen LogP contribution is -2.45. The number of nitrogens with zero attached hydrogens (tertiary/aromatic N) is 1. The summed E-state index contributed by atoms with van der Waals surface area (Å²) in [7, 11) is 0. The lowest BCUT2D eigenvalue weighted by Gasteiger charge is -2.35. The maximum absolute atomic E-state index is 12.2. The molecule has 1 fully saturated rings. The minimum absolute atomic E-state index is 0. The summed E-state index contributed by atoms with van der Waals surface area (Å²) in [5, 5.41) is 2.99. The van der Waals surface area contributed by atoms with Crippen LogP contribution in [0.3, 0.4) is 0 Å². The number of nitrogens with one attached hydrogen (secondary N) is 1. The molecule has 1 aromatic rings. The van der Waals surface area contributed by atoms with Crippen molar-refractivity contribution in [3.63, 3.8) is 0 Å².